The molecule has 3 rings (SSSR count). The lowest BCUT2D eigenvalue weighted by Crippen LogP contribution is -2.48. The summed E-state index contributed by atoms with van der Waals surface area (Å²) in [5, 5.41) is 2.65. The molecule has 0 aliphatic carbocycles. The van der Waals surface area contributed by atoms with Crippen molar-refractivity contribution >= 4 is 11.7 Å². The highest BCUT2D eigenvalue weighted by Crippen LogP contribution is 2.18. The van der Waals surface area contributed by atoms with Gasteiger partial charge in [0.25, 0.3) is 0 Å². The van der Waals surface area contributed by atoms with Crippen molar-refractivity contribution in [2.45, 2.75) is 25.5 Å². The average Bonchev–Trinajstić information content (AvgIpc) is 3.09. The van der Waals surface area contributed by atoms with E-state index in [1.54, 1.807) is 7.05 Å². The minimum atomic E-state index is -0.365. The van der Waals surface area contributed by atoms with Crippen LogP contribution in [0, 0.1) is 0 Å². The van der Waals surface area contributed by atoms with Crippen molar-refractivity contribution in [3.05, 3.63) is 23.9 Å². The minimum Gasteiger partial charge on any atom is -0.366 e. The first-order valence-electron chi connectivity index (χ1n) is 8.01. The van der Waals surface area contributed by atoms with Crippen LogP contribution in [0.2, 0.25) is 0 Å². The molecule has 3 heterocycles. The van der Waals surface area contributed by atoms with Gasteiger partial charge in [-0.15, -0.1) is 0 Å². The van der Waals surface area contributed by atoms with Crippen molar-refractivity contribution in [1.29, 1.82) is 0 Å². The molecule has 2 aliphatic heterocycles. The predicted octanol–water partition coefficient (Wildman–Crippen LogP) is 0.629. The number of morpholine rings is 1. The van der Waals surface area contributed by atoms with E-state index in [0.29, 0.717) is 13.2 Å². The summed E-state index contributed by atoms with van der Waals surface area (Å²) in [7, 11) is 1.64. The summed E-state index contributed by atoms with van der Waals surface area (Å²) in [4.78, 5) is 20.8. The Balaban J connectivity index is 1.57. The SMILES string of the molecule is CNC(=O)[C@H]1CN(Cc2ccc(N3CCCC3)nc2)CCO1. The van der Waals surface area contributed by atoms with Gasteiger partial charge in [-0.3, -0.25) is 9.69 Å². The Kier molecular flexibility index (Phi) is 4.90. The zero-order valence-electron chi connectivity index (χ0n) is 13.1. The van der Waals surface area contributed by atoms with Crippen LogP contribution in [-0.4, -0.2) is 61.7 Å². The Hall–Kier alpha value is -1.66. The van der Waals surface area contributed by atoms with Crippen LogP contribution in [-0.2, 0) is 16.1 Å². The molecular formula is C16H24N4O2. The number of rotatable bonds is 4. The van der Waals surface area contributed by atoms with Crippen LogP contribution in [0.25, 0.3) is 0 Å². The van der Waals surface area contributed by atoms with Crippen LogP contribution < -0.4 is 10.2 Å². The van der Waals surface area contributed by atoms with E-state index < -0.39 is 0 Å². The fraction of sp³-hybridized carbons (Fsp3) is 0.625. The number of nitrogens with one attached hydrogen (secondary N) is 1. The number of ether oxygens (including phenoxy) is 1. The number of hydrogen-bond acceptors (Lipinski definition) is 5. The highest BCUT2D eigenvalue weighted by Gasteiger charge is 2.25. The average molecular weight is 304 g/mol. The second-order valence-corrected chi connectivity index (χ2v) is 5.93. The molecule has 22 heavy (non-hydrogen) atoms. The van der Waals surface area contributed by atoms with Crippen LogP contribution in [0.3, 0.4) is 0 Å². The van der Waals surface area contributed by atoms with Gasteiger partial charge in [0, 0.05) is 46.0 Å². The molecule has 120 valence electrons. The molecule has 2 fully saturated rings. The standard InChI is InChI=1S/C16H24N4O2/c1-17-16(21)14-12-19(8-9-22-14)11-13-4-5-15(18-10-13)20-6-2-3-7-20/h4-5,10,14H,2-3,6-9,11-12H2,1H3,(H,17,21)/t14-/m1/s1. The first-order chi connectivity index (χ1) is 10.8. The van der Waals surface area contributed by atoms with E-state index in [0.717, 1.165) is 32.0 Å². The molecule has 6 heteroatoms. The maximum absolute atomic E-state index is 11.7. The summed E-state index contributed by atoms with van der Waals surface area (Å²) in [6.07, 6.45) is 4.12. The van der Waals surface area contributed by atoms with Crippen molar-refractivity contribution in [1.82, 2.24) is 15.2 Å². The number of nitrogens with zero attached hydrogens (tertiary/aromatic N) is 3. The van der Waals surface area contributed by atoms with Gasteiger partial charge in [0.05, 0.1) is 6.61 Å². The fourth-order valence-corrected chi connectivity index (χ4v) is 3.07. The quantitative estimate of drug-likeness (QED) is 0.884. The first kappa shape index (κ1) is 15.2. The van der Waals surface area contributed by atoms with Crippen molar-refractivity contribution in [2.24, 2.45) is 0 Å². The number of carbonyl (C=O) groups excluding carboxylic acids is 1. The van der Waals surface area contributed by atoms with E-state index >= 15 is 0 Å². The van der Waals surface area contributed by atoms with Gasteiger partial charge in [0.15, 0.2) is 0 Å². The summed E-state index contributed by atoms with van der Waals surface area (Å²) >= 11 is 0. The molecule has 1 N–H and O–H groups in total. The zero-order chi connectivity index (χ0) is 15.4. The maximum Gasteiger partial charge on any atom is 0.250 e. The summed E-state index contributed by atoms with van der Waals surface area (Å²) in [5.41, 5.74) is 1.18. The van der Waals surface area contributed by atoms with Crippen molar-refractivity contribution in [2.75, 3.05) is 44.7 Å². The summed E-state index contributed by atoms with van der Waals surface area (Å²) in [5.74, 6) is 1.03. The molecule has 0 unspecified atom stereocenters. The molecule has 1 aromatic rings. The van der Waals surface area contributed by atoms with E-state index in [1.165, 1.54) is 18.4 Å². The van der Waals surface area contributed by atoms with E-state index in [2.05, 4.69) is 32.2 Å². The molecular weight excluding hydrogens is 280 g/mol. The summed E-state index contributed by atoms with van der Waals surface area (Å²) in [6, 6.07) is 4.25. The van der Waals surface area contributed by atoms with Crippen LogP contribution in [0.4, 0.5) is 5.82 Å². The van der Waals surface area contributed by atoms with E-state index in [4.69, 9.17) is 4.74 Å². The van der Waals surface area contributed by atoms with Gasteiger partial charge in [-0.25, -0.2) is 4.98 Å². The van der Waals surface area contributed by atoms with Gasteiger partial charge in [-0.05, 0) is 24.5 Å². The Morgan fingerprint density at radius 2 is 2.18 bits per heavy atom. The molecule has 2 saturated heterocycles. The Bertz CT molecular complexity index is 499. The topological polar surface area (TPSA) is 57.7 Å². The highest BCUT2D eigenvalue weighted by atomic mass is 16.5. The third-order valence-corrected chi connectivity index (χ3v) is 4.33. The Morgan fingerprint density at radius 3 is 2.86 bits per heavy atom. The number of anilines is 1. The number of hydrogen-bond donors (Lipinski definition) is 1. The van der Waals surface area contributed by atoms with Crippen LogP contribution in [0.1, 0.15) is 18.4 Å². The third kappa shape index (κ3) is 3.56. The van der Waals surface area contributed by atoms with Gasteiger partial charge >= 0.3 is 0 Å². The number of amides is 1. The number of pyridine rings is 1. The van der Waals surface area contributed by atoms with Gasteiger partial charge < -0.3 is 15.0 Å². The predicted molar refractivity (Wildman–Crippen MR) is 84.8 cm³/mol. The van der Waals surface area contributed by atoms with E-state index in [9.17, 15) is 4.79 Å². The summed E-state index contributed by atoms with van der Waals surface area (Å²) < 4.78 is 5.51. The second-order valence-electron chi connectivity index (χ2n) is 5.93. The molecule has 0 radical (unpaired) electrons. The van der Waals surface area contributed by atoms with Crippen LogP contribution >= 0.6 is 0 Å². The van der Waals surface area contributed by atoms with Crippen LogP contribution in [0.5, 0.6) is 0 Å². The largest absolute Gasteiger partial charge is 0.366 e. The number of aromatic nitrogens is 1. The smallest absolute Gasteiger partial charge is 0.250 e. The molecule has 0 spiro atoms. The zero-order valence-corrected chi connectivity index (χ0v) is 13.1. The van der Waals surface area contributed by atoms with Crippen molar-refractivity contribution in [3.63, 3.8) is 0 Å². The van der Waals surface area contributed by atoms with E-state index in [-0.39, 0.29) is 12.0 Å². The van der Waals surface area contributed by atoms with Crippen molar-refractivity contribution < 1.29 is 9.53 Å². The molecule has 1 aromatic heterocycles. The Morgan fingerprint density at radius 1 is 1.36 bits per heavy atom. The fourth-order valence-electron chi connectivity index (χ4n) is 3.07. The number of carbonyl (C=O) groups is 1. The highest BCUT2D eigenvalue weighted by molar-refractivity contribution is 5.80. The molecule has 6 nitrogen and oxygen atoms in total. The van der Waals surface area contributed by atoms with Gasteiger partial charge in [-0.1, -0.05) is 6.07 Å². The lowest BCUT2D eigenvalue weighted by atomic mass is 10.2. The molecule has 2 aliphatic rings. The van der Waals surface area contributed by atoms with Gasteiger partial charge in [0.1, 0.15) is 11.9 Å². The molecule has 0 aromatic carbocycles. The lowest BCUT2D eigenvalue weighted by Gasteiger charge is -2.31. The number of likely N-dealkylation sites (N-methyl/N-ethyl adjacent to an activating group) is 1. The molecule has 0 bridgehead atoms. The van der Waals surface area contributed by atoms with Crippen LogP contribution in [0.15, 0.2) is 18.3 Å². The van der Waals surface area contributed by atoms with Crippen molar-refractivity contribution in [3.8, 4) is 0 Å². The second kappa shape index (κ2) is 7.07. The Labute approximate surface area is 131 Å². The maximum atomic E-state index is 11.7. The van der Waals surface area contributed by atoms with E-state index in [1.807, 2.05) is 6.20 Å². The molecule has 1 atom stereocenters. The summed E-state index contributed by atoms with van der Waals surface area (Å²) in [6.45, 7) is 5.11. The third-order valence-electron chi connectivity index (χ3n) is 4.33. The normalized spacial score (nSPS) is 22.8. The lowest BCUT2D eigenvalue weighted by molar-refractivity contribution is -0.138. The monoisotopic (exact) mass is 304 g/mol. The van der Waals surface area contributed by atoms with Gasteiger partial charge in [0.2, 0.25) is 5.91 Å². The molecule has 0 saturated carbocycles. The first-order valence-corrected chi connectivity index (χ1v) is 8.01. The minimum absolute atomic E-state index is 0.0489. The molecule has 1 amide bonds. The van der Waals surface area contributed by atoms with Gasteiger partial charge in [-0.2, -0.15) is 0 Å².